The zero-order valence-corrected chi connectivity index (χ0v) is 18.2. The SMILES string of the molecule is CC1CCN(C(=O)C(C)Sc2nnc(-c3ccccc3)c(-c3ccccc3)n2)CC1. The number of likely N-dealkylation sites (tertiary alicyclic amines) is 1. The Bertz CT molecular complexity index is 989. The van der Waals surface area contributed by atoms with E-state index in [-0.39, 0.29) is 11.2 Å². The molecule has 0 radical (unpaired) electrons. The van der Waals surface area contributed by atoms with E-state index in [0.717, 1.165) is 48.4 Å². The van der Waals surface area contributed by atoms with Crippen molar-refractivity contribution in [2.24, 2.45) is 5.92 Å². The quantitative estimate of drug-likeness (QED) is 0.549. The third kappa shape index (κ3) is 4.70. The van der Waals surface area contributed by atoms with E-state index < -0.39 is 0 Å². The molecule has 4 rings (SSSR count). The first-order valence-electron chi connectivity index (χ1n) is 10.4. The van der Waals surface area contributed by atoms with Gasteiger partial charge in [-0.25, -0.2) is 4.98 Å². The summed E-state index contributed by atoms with van der Waals surface area (Å²) in [5, 5.41) is 9.14. The normalized spacial score (nSPS) is 15.7. The highest BCUT2D eigenvalue weighted by atomic mass is 32.2. The Morgan fingerprint density at radius 2 is 1.50 bits per heavy atom. The molecule has 0 N–H and O–H groups in total. The minimum absolute atomic E-state index is 0.156. The zero-order chi connectivity index (χ0) is 20.9. The molecule has 3 aromatic rings. The summed E-state index contributed by atoms with van der Waals surface area (Å²) in [7, 11) is 0. The molecule has 0 bridgehead atoms. The molecule has 1 aliphatic rings. The van der Waals surface area contributed by atoms with Crippen molar-refractivity contribution in [1.82, 2.24) is 20.1 Å². The maximum absolute atomic E-state index is 12.9. The monoisotopic (exact) mass is 418 g/mol. The van der Waals surface area contributed by atoms with E-state index in [2.05, 4.69) is 17.1 Å². The van der Waals surface area contributed by atoms with Gasteiger partial charge in [-0.15, -0.1) is 10.2 Å². The fourth-order valence-electron chi connectivity index (χ4n) is 3.64. The average molecular weight is 419 g/mol. The first-order chi connectivity index (χ1) is 14.6. The summed E-state index contributed by atoms with van der Waals surface area (Å²) >= 11 is 1.38. The maximum Gasteiger partial charge on any atom is 0.235 e. The van der Waals surface area contributed by atoms with Crippen LogP contribution in [0, 0.1) is 5.92 Å². The fraction of sp³-hybridized carbons (Fsp3) is 0.333. The minimum atomic E-state index is -0.244. The second kappa shape index (κ2) is 9.39. The number of aromatic nitrogens is 3. The summed E-state index contributed by atoms with van der Waals surface area (Å²) in [6.07, 6.45) is 2.15. The number of amides is 1. The van der Waals surface area contributed by atoms with Gasteiger partial charge in [0, 0.05) is 24.2 Å². The lowest BCUT2D eigenvalue weighted by molar-refractivity contribution is -0.131. The predicted octanol–water partition coefficient (Wildman–Crippen LogP) is 4.94. The first-order valence-corrected chi connectivity index (χ1v) is 11.3. The first kappa shape index (κ1) is 20.5. The highest BCUT2D eigenvalue weighted by Crippen LogP contribution is 2.31. The van der Waals surface area contributed by atoms with Crippen molar-refractivity contribution in [2.45, 2.75) is 37.1 Å². The van der Waals surface area contributed by atoms with E-state index >= 15 is 0 Å². The zero-order valence-electron chi connectivity index (χ0n) is 17.4. The molecule has 1 atom stereocenters. The average Bonchev–Trinajstić information content (AvgIpc) is 2.80. The van der Waals surface area contributed by atoms with Gasteiger partial charge < -0.3 is 4.90 Å². The van der Waals surface area contributed by atoms with Crippen molar-refractivity contribution in [3.05, 3.63) is 60.7 Å². The van der Waals surface area contributed by atoms with Gasteiger partial charge in [0.05, 0.1) is 5.25 Å². The number of thioether (sulfide) groups is 1. The molecule has 5 nitrogen and oxygen atoms in total. The van der Waals surface area contributed by atoms with Gasteiger partial charge in [0.1, 0.15) is 11.4 Å². The Morgan fingerprint density at radius 1 is 0.933 bits per heavy atom. The number of hydrogen-bond donors (Lipinski definition) is 0. The van der Waals surface area contributed by atoms with Crippen LogP contribution in [-0.2, 0) is 4.79 Å². The van der Waals surface area contributed by atoms with E-state index in [1.807, 2.05) is 72.5 Å². The van der Waals surface area contributed by atoms with Gasteiger partial charge in [0.2, 0.25) is 11.1 Å². The molecule has 6 heteroatoms. The van der Waals surface area contributed by atoms with E-state index in [4.69, 9.17) is 4.98 Å². The topological polar surface area (TPSA) is 59.0 Å². The van der Waals surface area contributed by atoms with Crippen LogP contribution in [0.25, 0.3) is 22.5 Å². The predicted molar refractivity (Wildman–Crippen MR) is 121 cm³/mol. The summed E-state index contributed by atoms with van der Waals surface area (Å²) in [5.74, 6) is 0.854. The van der Waals surface area contributed by atoms with Gasteiger partial charge in [0.15, 0.2) is 0 Å². The van der Waals surface area contributed by atoms with Crippen molar-refractivity contribution in [1.29, 1.82) is 0 Å². The smallest absolute Gasteiger partial charge is 0.235 e. The van der Waals surface area contributed by atoms with Crippen molar-refractivity contribution >= 4 is 17.7 Å². The third-order valence-electron chi connectivity index (χ3n) is 5.49. The third-order valence-corrected chi connectivity index (χ3v) is 6.43. The Morgan fingerprint density at radius 3 is 2.10 bits per heavy atom. The van der Waals surface area contributed by atoms with Gasteiger partial charge >= 0.3 is 0 Å². The van der Waals surface area contributed by atoms with Crippen molar-refractivity contribution in [2.75, 3.05) is 13.1 Å². The van der Waals surface area contributed by atoms with Gasteiger partial charge in [-0.3, -0.25) is 4.79 Å². The molecule has 2 heterocycles. The molecule has 1 unspecified atom stereocenters. The number of carbonyl (C=O) groups excluding carboxylic acids is 1. The van der Waals surface area contributed by atoms with Crippen molar-refractivity contribution in [3.8, 4) is 22.5 Å². The second-order valence-corrected chi connectivity index (χ2v) is 9.10. The van der Waals surface area contributed by atoms with Crippen LogP contribution in [0.4, 0.5) is 0 Å². The van der Waals surface area contributed by atoms with Crippen molar-refractivity contribution in [3.63, 3.8) is 0 Å². The number of rotatable bonds is 5. The molecule has 2 aromatic carbocycles. The fourth-order valence-corrected chi connectivity index (χ4v) is 4.44. The van der Waals surface area contributed by atoms with Crippen LogP contribution in [0.15, 0.2) is 65.8 Å². The van der Waals surface area contributed by atoms with Gasteiger partial charge in [0.25, 0.3) is 0 Å². The van der Waals surface area contributed by atoms with E-state index in [1.54, 1.807) is 0 Å². The van der Waals surface area contributed by atoms with Crippen LogP contribution in [0.1, 0.15) is 26.7 Å². The van der Waals surface area contributed by atoms with Gasteiger partial charge in [-0.2, -0.15) is 0 Å². The molecule has 30 heavy (non-hydrogen) atoms. The Balaban J connectivity index is 1.59. The molecule has 1 amide bonds. The lowest BCUT2D eigenvalue weighted by atomic mass is 9.99. The Hall–Kier alpha value is -2.73. The summed E-state index contributed by atoms with van der Waals surface area (Å²) in [4.78, 5) is 19.7. The highest BCUT2D eigenvalue weighted by Gasteiger charge is 2.26. The maximum atomic E-state index is 12.9. The number of piperidine rings is 1. The molecule has 1 saturated heterocycles. The van der Waals surface area contributed by atoms with Crippen LogP contribution in [0.2, 0.25) is 0 Å². The number of carbonyl (C=O) groups is 1. The van der Waals surface area contributed by atoms with Crippen molar-refractivity contribution < 1.29 is 4.79 Å². The Kier molecular flexibility index (Phi) is 6.43. The lowest BCUT2D eigenvalue weighted by Crippen LogP contribution is -2.41. The molecule has 0 saturated carbocycles. The summed E-state index contributed by atoms with van der Waals surface area (Å²) in [6, 6.07) is 20.0. The van der Waals surface area contributed by atoms with Crippen LogP contribution in [0.5, 0.6) is 0 Å². The lowest BCUT2D eigenvalue weighted by Gasteiger charge is -2.31. The molecular weight excluding hydrogens is 392 g/mol. The highest BCUT2D eigenvalue weighted by molar-refractivity contribution is 8.00. The Labute approximate surface area is 181 Å². The minimum Gasteiger partial charge on any atom is -0.342 e. The van der Waals surface area contributed by atoms with Crippen LogP contribution in [-0.4, -0.2) is 44.3 Å². The van der Waals surface area contributed by atoms with Crippen LogP contribution in [0.3, 0.4) is 0 Å². The summed E-state index contributed by atoms with van der Waals surface area (Å²) in [6.45, 7) is 5.86. The summed E-state index contributed by atoms with van der Waals surface area (Å²) < 4.78 is 0. The molecular formula is C24H26N4OS. The van der Waals surface area contributed by atoms with Gasteiger partial charge in [-0.05, 0) is 25.7 Å². The summed E-state index contributed by atoms with van der Waals surface area (Å²) in [5.41, 5.74) is 3.48. The number of nitrogens with zero attached hydrogens (tertiary/aromatic N) is 4. The molecule has 1 fully saturated rings. The van der Waals surface area contributed by atoms with E-state index in [0.29, 0.717) is 11.1 Å². The van der Waals surface area contributed by atoms with E-state index in [1.165, 1.54) is 11.8 Å². The standard InChI is InChI=1S/C24H26N4OS/c1-17-13-15-28(16-14-17)23(29)18(2)30-24-25-21(19-9-5-3-6-10-19)22(26-27-24)20-11-7-4-8-12-20/h3-12,17-18H,13-16H2,1-2H3. The molecule has 1 aliphatic heterocycles. The largest absolute Gasteiger partial charge is 0.342 e. The van der Waals surface area contributed by atoms with Crippen LogP contribution < -0.4 is 0 Å². The second-order valence-electron chi connectivity index (χ2n) is 7.79. The van der Waals surface area contributed by atoms with E-state index in [9.17, 15) is 4.79 Å². The van der Waals surface area contributed by atoms with Crippen LogP contribution >= 0.6 is 11.8 Å². The molecule has 0 spiro atoms. The van der Waals surface area contributed by atoms with Gasteiger partial charge in [-0.1, -0.05) is 79.3 Å². The number of benzene rings is 2. The molecule has 1 aromatic heterocycles. The number of hydrogen-bond acceptors (Lipinski definition) is 5. The molecule has 0 aliphatic carbocycles. The molecule has 154 valence electrons.